The van der Waals surface area contributed by atoms with E-state index < -0.39 is 0 Å². The van der Waals surface area contributed by atoms with E-state index in [4.69, 9.17) is 27.9 Å². The van der Waals surface area contributed by atoms with Crippen LogP contribution in [0.5, 0.6) is 0 Å². The predicted molar refractivity (Wildman–Crippen MR) is 71.0 cm³/mol. The van der Waals surface area contributed by atoms with Gasteiger partial charge in [-0.1, -0.05) is 23.2 Å². The van der Waals surface area contributed by atoms with Crippen LogP contribution >= 0.6 is 23.2 Å². The molecule has 1 aliphatic rings. The topological polar surface area (TPSA) is 34.2 Å². The average Bonchev–Trinajstić information content (AvgIpc) is 2.33. The second-order valence-corrected chi connectivity index (χ2v) is 5.03. The standard InChI is InChI=1S/C12H16Cl2N2O/c13-9-7-11(14)12(16-8-9)15-5-4-10-3-1-2-6-17-10/h7-8,10H,1-6H2,(H,15,16). The van der Waals surface area contributed by atoms with Gasteiger partial charge in [-0.05, 0) is 31.7 Å². The molecule has 1 fully saturated rings. The Balaban J connectivity index is 1.77. The Morgan fingerprint density at radius 1 is 1.41 bits per heavy atom. The molecule has 5 heteroatoms. The maximum Gasteiger partial charge on any atom is 0.144 e. The number of nitrogens with zero attached hydrogens (tertiary/aromatic N) is 1. The van der Waals surface area contributed by atoms with Crippen molar-refractivity contribution in [3.8, 4) is 0 Å². The number of ether oxygens (including phenoxy) is 1. The summed E-state index contributed by atoms with van der Waals surface area (Å²) in [6.45, 7) is 1.71. The number of rotatable bonds is 4. The van der Waals surface area contributed by atoms with E-state index in [1.807, 2.05) is 0 Å². The smallest absolute Gasteiger partial charge is 0.144 e. The SMILES string of the molecule is Clc1cnc(NCCC2CCCCO2)c(Cl)c1. The van der Waals surface area contributed by atoms with E-state index in [1.54, 1.807) is 12.3 Å². The Hall–Kier alpha value is -0.510. The summed E-state index contributed by atoms with van der Waals surface area (Å²) in [7, 11) is 0. The van der Waals surface area contributed by atoms with Crippen LogP contribution in [0.4, 0.5) is 5.82 Å². The largest absolute Gasteiger partial charge is 0.378 e. The molecule has 0 aromatic carbocycles. The number of nitrogens with one attached hydrogen (secondary N) is 1. The fourth-order valence-electron chi connectivity index (χ4n) is 1.93. The normalized spacial score (nSPS) is 20.2. The van der Waals surface area contributed by atoms with Crippen LogP contribution < -0.4 is 5.32 Å². The average molecular weight is 275 g/mol. The highest BCUT2D eigenvalue weighted by Crippen LogP contribution is 2.23. The first-order valence-corrected chi connectivity index (χ1v) is 6.68. The van der Waals surface area contributed by atoms with Gasteiger partial charge in [0.25, 0.3) is 0 Å². The molecule has 94 valence electrons. The van der Waals surface area contributed by atoms with Crippen LogP contribution in [0, 0.1) is 0 Å². The molecule has 1 aromatic rings. The summed E-state index contributed by atoms with van der Waals surface area (Å²) in [4.78, 5) is 4.14. The lowest BCUT2D eigenvalue weighted by Gasteiger charge is -2.22. The third-order valence-electron chi connectivity index (χ3n) is 2.84. The van der Waals surface area contributed by atoms with Gasteiger partial charge in [0.05, 0.1) is 16.1 Å². The molecule has 2 rings (SSSR count). The van der Waals surface area contributed by atoms with Gasteiger partial charge in [-0.15, -0.1) is 0 Å². The van der Waals surface area contributed by atoms with E-state index in [2.05, 4.69) is 10.3 Å². The maximum atomic E-state index is 6.01. The van der Waals surface area contributed by atoms with Crippen molar-refractivity contribution in [3.63, 3.8) is 0 Å². The summed E-state index contributed by atoms with van der Waals surface area (Å²) in [6, 6.07) is 1.69. The number of hydrogen-bond donors (Lipinski definition) is 1. The molecule has 0 radical (unpaired) electrons. The van der Waals surface area contributed by atoms with E-state index in [-0.39, 0.29) is 0 Å². The van der Waals surface area contributed by atoms with Crippen molar-refractivity contribution < 1.29 is 4.74 Å². The third kappa shape index (κ3) is 4.02. The number of halogens is 2. The number of hydrogen-bond acceptors (Lipinski definition) is 3. The summed E-state index contributed by atoms with van der Waals surface area (Å²) < 4.78 is 5.65. The van der Waals surface area contributed by atoms with E-state index in [0.717, 1.165) is 26.0 Å². The lowest BCUT2D eigenvalue weighted by atomic mass is 10.1. The number of pyridine rings is 1. The zero-order chi connectivity index (χ0) is 12.1. The summed E-state index contributed by atoms with van der Waals surface area (Å²) >= 11 is 11.8. The highest BCUT2D eigenvalue weighted by Gasteiger charge is 2.13. The second-order valence-electron chi connectivity index (χ2n) is 4.19. The molecule has 0 spiro atoms. The monoisotopic (exact) mass is 274 g/mol. The van der Waals surface area contributed by atoms with Crippen molar-refractivity contribution >= 4 is 29.0 Å². The fraction of sp³-hybridized carbons (Fsp3) is 0.583. The van der Waals surface area contributed by atoms with Crippen molar-refractivity contribution in [2.45, 2.75) is 31.8 Å². The lowest BCUT2D eigenvalue weighted by Crippen LogP contribution is -2.22. The number of aromatic nitrogens is 1. The molecule has 1 N–H and O–H groups in total. The zero-order valence-electron chi connectivity index (χ0n) is 9.59. The highest BCUT2D eigenvalue weighted by molar-refractivity contribution is 6.35. The zero-order valence-corrected chi connectivity index (χ0v) is 11.1. The van der Waals surface area contributed by atoms with Gasteiger partial charge in [0.1, 0.15) is 5.82 Å². The van der Waals surface area contributed by atoms with Gasteiger partial charge in [-0.2, -0.15) is 0 Å². The third-order valence-corrected chi connectivity index (χ3v) is 3.34. The summed E-state index contributed by atoms with van der Waals surface area (Å²) in [5.41, 5.74) is 0. The van der Waals surface area contributed by atoms with Gasteiger partial charge < -0.3 is 10.1 Å². The summed E-state index contributed by atoms with van der Waals surface area (Å²) in [5.74, 6) is 0.687. The first-order chi connectivity index (χ1) is 8.25. The van der Waals surface area contributed by atoms with Crippen LogP contribution in [0.25, 0.3) is 0 Å². The summed E-state index contributed by atoms with van der Waals surface area (Å²) in [6.07, 6.45) is 6.57. The van der Waals surface area contributed by atoms with Crippen LogP contribution in [-0.2, 0) is 4.74 Å². The van der Waals surface area contributed by atoms with Crippen LogP contribution in [0.2, 0.25) is 10.0 Å². The molecule has 0 amide bonds. The quantitative estimate of drug-likeness (QED) is 0.908. The molecule has 1 saturated heterocycles. The maximum absolute atomic E-state index is 6.01. The Bertz CT molecular complexity index is 368. The van der Waals surface area contributed by atoms with Crippen LogP contribution in [-0.4, -0.2) is 24.2 Å². The highest BCUT2D eigenvalue weighted by atomic mass is 35.5. The van der Waals surface area contributed by atoms with Gasteiger partial charge in [-0.25, -0.2) is 4.98 Å². The van der Waals surface area contributed by atoms with Gasteiger partial charge in [0, 0.05) is 19.3 Å². The molecular formula is C12H16Cl2N2O. The second kappa shape index (κ2) is 6.43. The molecule has 1 unspecified atom stereocenters. The van der Waals surface area contributed by atoms with Gasteiger partial charge in [0.2, 0.25) is 0 Å². The van der Waals surface area contributed by atoms with E-state index >= 15 is 0 Å². The minimum absolute atomic E-state index is 0.377. The molecule has 3 nitrogen and oxygen atoms in total. The van der Waals surface area contributed by atoms with Crippen LogP contribution in [0.15, 0.2) is 12.3 Å². The molecule has 1 aromatic heterocycles. The van der Waals surface area contributed by atoms with Crippen molar-refractivity contribution in [3.05, 3.63) is 22.3 Å². The molecular weight excluding hydrogens is 259 g/mol. The molecule has 0 saturated carbocycles. The molecule has 0 aliphatic carbocycles. The Morgan fingerprint density at radius 3 is 3.00 bits per heavy atom. The van der Waals surface area contributed by atoms with Crippen LogP contribution in [0.1, 0.15) is 25.7 Å². The first-order valence-electron chi connectivity index (χ1n) is 5.92. The van der Waals surface area contributed by atoms with Gasteiger partial charge in [-0.3, -0.25) is 0 Å². The summed E-state index contributed by atoms with van der Waals surface area (Å²) in [5, 5.41) is 4.32. The fourth-order valence-corrected chi connectivity index (χ4v) is 2.38. The minimum Gasteiger partial charge on any atom is -0.378 e. The predicted octanol–water partition coefficient (Wildman–Crippen LogP) is 3.76. The lowest BCUT2D eigenvalue weighted by molar-refractivity contribution is 0.0134. The van der Waals surface area contributed by atoms with Crippen LogP contribution in [0.3, 0.4) is 0 Å². The Morgan fingerprint density at radius 2 is 2.29 bits per heavy atom. The van der Waals surface area contributed by atoms with Crippen molar-refractivity contribution in [1.82, 2.24) is 4.98 Å². The molecule has 0 bridgehead atoms. The Labute approximate surface area is 111 Å². The Kier molecular flexibility index (Phi) is 4.89. The molecule has 1 atom stereocenters. The number of anilines is 1. The van der Waals surface area contributed by atoms with Gasteiger partial charge in [0.15, 0.2) is 0 Å². The van der Waals surface area contributed by atoms with Crippen molar-refractivity contribution in [2.75, 3.05) is 18.5 Å². The molecule has 17 heavy (non-hydrogen) atoms. The van der Waals surface area contributed by atoms with E-state index in [0.29, 0.717) is 22.0 Å². The van der Waals surface area contributed by atoms with Gasteiger partial charge >= 0.3 is 0 Å². The first kappa shape index (κ1) is 12.9. The van der Waals surface area contributed by atoms with Crippen molar-refractivity contribution in [2.24, 2.45) is 0 Å². The van der Waals surface area contributed by atoms with E-state index in [9.17, 15) is 0 Å². The van der Waals surface area contributed by atoms with Crippen molar-refractivity contribution in [1.29, 1.82) is 0 Å². The molecule has 1 aliphatic heterocycles. The van der Waals surface area contributed by atoms with E-state index in [1.165, 1.54) is 12.8 Å². The minimum atomic E-state index is 0.377. The molecule has 2 heterocycles.